The molecule has 3 N–H and O–H groups in total. The van der Waals surface area contributed by atoms with Crippen molar-refractivity contribution >= 4 is 17.5 Å². The molecular formula is C17H19FN2O6S. The fraction of sp³-hybridized carbons (Fsp3) is 0.294. The van der Waals surface area contributed by atoms with Crippen molar-refractivity contribution in [2.24, 2.45) is 5.41 Å². The standard InChI is InChI=1S/C17H19FN2O4.O2S/c1-17(2,16(23)19-24)8-9-20-10-12(18)13(14(21)15(20)22)11-6-4-3-5-7-11;1-3-2/h3-7,10,21,24H,8-9H2,1-2H3,(H,19,23);. The monoisotopic (exact) mass is 398 g/mol. The van der Waals surface area contributed by atoms with Gasteiger partial charge in [0.25, 0.3) is 5.56 Å². The van der Waals surface area contributed by atoms with Crippen molar-refractivity contribution in [3.63, 3.8) is 0 Å². The minimum atomic E-state index is -0.960. The van der Waals surface area contributed by atoms with Gasteiger partial charge in [0, 0.05) is 18.2 Å². The van der Waals surface area contributed by atoms with E-state index in [2.05, 4.69) is 0 Å². The minimum Gasteiger partial charge on any atom is -0.503 e. The van der Waals surface area contributed by atoms with Crippen molar-refractivity contribution < 1.29 is 27.9 Å². The average Bonchev–Trinajstić information content (AvgIpc) is 2.64. The zero-order valence-electron chi connectivity index (χ0n) is 14.6. The van der Waals surface area contributed by atoms with Crippen LogP contribution in [0, 0.1) is 11.2 Å². The summed E-state index contributed by atoms with van der Waals surface area (Å²) in [4.78, 5) is 23.8. The number of nitrogens with one attached hydrogen (secondary N) is 1. The van der Waals surface area contributed by atoms with E-state index in [-0.39, 0.29) is 18.5 Å². The van der Waals surface area contributed by atoms with E-state index in [0.29, 0.717) is 5.56 Å². The Morgan fingerprint density at radius 1 is 1.26 bits per heavy atom. The second-order valence-corrected chi connectivity index (χ2v) is 6.34. The molecule has 0 aliphatic heterocycles. The highest BCUT2D eigenvalue weighted by Crippen LogP contribution is 2.29. The van der Waals surface area contributed by atoms with Crippen molar-refractivity contribution in [1.29, 1.82) is 0 Å². The van der Waals surface area contributed by atoms with E-state index in [4.69, 9.17) is 13.6 Å². The number of hydrogen-bond donors (Lipinski definition) is 3. The lowest BCUT2D eigenvalue weighted by Crippen LogP contribution is -2.36. The lowest BCUT2D eigenvalue weighted by atomic mass is 9.88. The quantitative estimate of drug-likeness (QED) is 0.519. The molecule has 0 radical (unpaired) electrons. The van der Waals surface area contributed by atoms with Crippen LogP contribution < -0.4 is 11.0 Å². The van der Waals surface area contributed by atoms with Gasteiger partial charge in [-0.05, 0) is 12.0 Å². The van der Waals surface area contributed by atoms with Gasteiger partial charge in [-0.15, -0.1) is 0 Å². The van der Waals surface area contributed by atoms with E-state index >= 15 is 0 Å². The first-order valence-corrected chi connectivity index (χ1v) is 8.40. The number of hydrogen-bond acceptors (Lipinski definition) is 6. The van der Waals surface area contributed by atoms with Crippen molar-refractivity contribution in [2.75, 3.05) is 0 Å². The van der Waals surface area contributed by atoms with Gasteiger partial charge < -0.3 is 9.67 Å². The highest BCUT2D eigenvalue weighted by molar-refractivity contribution is 7.51. The van der Waals surface area contributed by atoms with Crippen LogP contribution in [0.4, 0.5) is 4.39 Å². The van der Waals surface area contributed by atoms with Crippen molar-refractivity contribution in [3.05, 3.63) is 52.7 Å². The van der Waals surface area contributed by atoms with Crippen LogP contribution in [0.2, 0.25) is 0 Å². The fourth-order valence-electron chi connectivity index (χ4n) is 2.33. The molecule has 0 fully saturated rings. The second kappa shape index (κ2) is 9.74. The lowest BCUT2D eigenvalue weighted by molar-refractivity contribution is -0.138. The first-order chi connectivity index (χ1) is 12.7. The molecule has 0 aliphatic carbocycles. The minimum absolute atomic E-state index is 0.0127. The number of rotatable bonds is 5. The molecule has 2 rings (SSSR count). The number of pyridine rings is 1. The lowest BCUT2D eigenvalue weighted by Gasteiger charge is -2.22. The van der Waals surface area contributed by atoms with Crippen LogP contribution >= 0.6 is 0 Å². The van der Waals surface area contributed by atoms with Gasteiger partial charge in [0.2, 0.25) is 5.91 Å². The van der Waals surface area contributed by atoms with Crippen LogP contribution in [-0.2, 0) is 22.9 Å². The number of carbonyl (C=O) groups excluding carboxylic acids is 1. The molecule has 0 aliphatic rings. The summed E-state index contributed by atoms with van der Waals surface area (Å²) in [6, 6.07) is 8.28. The average molecular weight is 398 g/mol. The number of aromatic nitrogens is 1. The SMILES string of the molecule is CC(C)(CCn1cc(F)c(-c2ccccc2)c(O)c1=O)C(=O)NO.O=S=O. The summed E-state index contributed by atoms with van der Waals surface area (Å²) in [5.41, 5.74) is 0.110. The van der Waals surface area contributed by atoms with Crippen LogP contribution in [0.25, 0.3) is 11.1 Å². The van der Waals surface area contributed by atoms with Crippen LogP contribution in [0.1, 0.15) is 20.3 Å². The van der Waals surface area contributed by atoms with Crippen LogP contribution in [0.15, 0.2) is 41.3 Å². The van der Waals surface area contributed by atoms with Crippen LogP contribution in [0.5, 0.6) is 5.75 Å². The highest BCUT2D eigenvalue weighted by atomic mass is 32.1. The topological polar surface area (TPSA) is 126 Å². The predicted octanol–water partition coefficient (Wildman–Crippen LogP) is 1.61. The Labute approximate surface area is 157 Å². The van der Waals surface area contributed by atoms with Gasteiger partial charge in [-0.1, -0.05) is 44.2 Å². The van der Waals surface area contributed by atoms with Gasteiger partial charge in [0.05, 0.1) is 5.56 Å². The molecule has 0 saturated carbocycles. The summed E-state index contributed by atoms with van der Waals surface area (Å²) < 4.78 is 32.0. The normalized spacial score (nSPS) is 10.5. The van der Waals surface area contributed by atoms with Crippen molar-refractivity contribution in [1.82, 2.24) is 10.0 Å². The number of halogens is 1. The Hall–Kier alpha value is -2.85. The van der Waals surface area contributed by atoms with Crippen molar-refractivity contribution in [2.45, 2.75) is 26.8 Å². The van der Waals surface area contributed by atoms with Gasteiger partial charge >= 0.3 is 11.6 Å². The molecule has 0 saturated heterocycles. The van der Waals surface area contributed by atoms with Crippen LogP contribution in [-0.4, -0.2) is 29.2 Å². The molecule has 0 spiro atoms. The summed E-state index contributed by atoms with van der Waals surface area (Å²) in [6.45, 7) is 3.18. The Morgan fingerprint density at radius 3 is 2.33 bits per heavy atom. The van der Waals surface area contributed by atoms with E-state index in [9.17, 15) is 19.1 Å². The Kier molecular flexibility index (Phi) is 8.00. The molecule has 146 valence electrons. The molecule has 0 bridgehead atoms. The Morgan fingerprint density at radius 2 is 1.81 bits per heavy atom. The fourth-order valence-corrected chi connectivity index (χ4v) is 2.33. The number of benzene rings is 1. The molecule has 0 atom stereocenters. The maximum Gasteiger partial charge on any atom is 0.335 e. The van der Waals surface area contributed by atoms with Gasteiger partial charge in [-0.25, -0.2) is 9.87 Å². The van der Waals surface area contributed by atoms with E-state index < -0.39 is 40.0 Å². The number of aromatic hydroxyl groups is 1. The predicted molar refractivity (Wildman–Crippen MR) is 95.0 cm³/mol. The molecule has 1 aromatic carbocycles. The highest BCUT2D eigenvalue weighted by Gasteiger charge is 2.27. The smallest absolute Gasteiger partial charge is 0.335 e. The van der Waals surface area contributed by atoms with Crippen molar-refractivity contribution in [3.8, 4) is 16.9 Å². The third-order valence-electron chi connectivity index (χ3n) is 3.96. The van der Waals surface area contributed by atoms with Gasteiger partial charge in [-0.2, -0.15) is 8.42 Å². The largest absolute Gasteiger partial charge is 0.503 e. The van der Waals surface area contributed by atoms with E-state index in [0.717, 1.165) is 10.8 Å². The maximum atomic E-state index is 14.4. The Bertz CT molecular complexity index is 892. The van der Waals surface area contributed by atoms with Gasteiger partial charge in [0.15, 0.2) is 11.6 Å². The maximum absolute atomic E-state index is 14.4. The van der Waals surface area contributed by atoms with Gasteiger partial charge in [-0.3, -0.25) is 14.8 Å². The van der Waals surface area contributed by atoms with Crippen LogP contribution in [0.3, 0.4) is 0 Å². The van der Waals surface area contributed by atoms with E-state index in [1.807, 2.05) is 0 Å². The summed E-state index contributed by atoms with van der Waals surface area (Å²) in [5.74, 6) is -2.02. The molecule has 2 aromatic rings. The second-order valence-electron chi connectivity index (χ2n) is 6.21. The molecule has 1 heterocycles. The molecule has 1 amide bonds. The number of nitrogens with zero attached hydrogens (tertiary/aromatic N) is 1. The number of aryl methyl sites for hydroxylation is 1. The zero-order valence-corrected chi connectivity index (χ0v) is 15.5. The Balaban J connectivity index is 0.00000114. The number of amides is 1. The van der Waals surface area contributed by atoms with Gasteiger partial charge in [0.1, 0.15) is 0 Å². The summed E-state index contributed by atoms with van der Waals surface area (Å²) >= 11 is -0.750. The first kappa shape index (κ1) is 22.2. The molecule has 0 unspecified atom stereocenters. The third kappa shape index (κ3) is 5.56. The molecule has 10 heteroatoms. The molecule has 1 aromatic heterocycles. The third-order valence-corrected chi connectivity index (χ3v) is 3.96. The summed E-state index contributed by atoms with van der Waals surface area (Å²) in [5, 5.41) is 18.8. The number of hydroxylamine groups is 1. The molecular weight excluding hydrogens is 379 g/mol. The zero-order chi connectivity index (χ0) is 20.6. The number of carbonyl (C=O) groups is 1. The molecule has 8 nitrogen and oxygen atoms in total. The summed E-state index contributed by atoms with van der Waals surface area (Å²) in [6.07, 6.45) is 1.18. The molecule has 27 heavy (non-hydrogen) atoms. The first-order valence-electron chi connectivity index (χ1n) is 7.73. The van der Waals surface area contributed by atoms with E-state index in [1.165, 1.54) is 0 Å². The summed E-state index contributed by atoms with van der Waals surface area (Å²) in [7, 11) is 0. The van der Waals surface area contributed by atoms with E-state index in [1.54, 1.807) is 49.7 Å².